The lowest BCUT2D eigenvalue weighted by atomic mass is 9.91. The van der Waals surface area contributed by atoms with Crippen LogP contribution in [0.1, 0.15) is 70.4 Å². The van der Waals surface area contributed by atoms with Crippen molar-refractivity contribution in [1.82, 2.24) is 35.4 Å². The van der Waals surface area contributed by atoms with Crippen LogP contribution >= 0.6 is 23.2 Å². The van der Waals surface area contributed by atoms with Gasteiger partial charge in [0.1, 0.15) is 22.5 Å². The number of nitrogens with one attached hydrogen (secondary N) is 3. The van der Waals surface area contributed by atoms with Gasteiger partial charge in [0.05, 0.1) is 34.7 Å². The molecule has 0 radical (unpaired) electrons. The van der Waals surface area contributed by atoms with E-state index < -0.39 is 22.5 Å². The highest BCUT2D eigenvalue weighted by atomic mass is 35.5. The fourth-order valence-electron chi connectivity index (χ4n) is 6.76. The first-order valence-corrected chi connectivity index (χ1v) is 18.0. The average Bonchev–Trinajstić information content (AvgIpc) is 4.03. The lowest BCUT2D eigenvalue weighted by molar-refractivity contribution is -0.125. The second kappa shape index (κ2) is 13.6. The number of carbonyl (C=O) groups excluding carboxylic acids is 4. The molecule has 13 nitrogen and oxygen atoms in total. The van der Waals surface area contributed by atoms with Crippen molar-refractivity contribution in [1.29, 1.82) is 5.26 Å². The summed E-state index contributed by atoms with van der Waals surface area (Å²) < 4.78 is 1.59. The topological polar surface area (TPSA) is 165 Å². The van der Waals surface area contributed by atoms with Gasteiger partial charge in [0, 0.05) is 29.6 Å². The lowest BCUT2D eigenvalue weighted by Crippen LogP contribution is -2.52. The zero-order chi connectivity index (χ0) is 37.7. The summed E-state index contributed by atoms with van der Waals surface area (Å²) in [5, 5.41) is 18.9. The van der Waals surface area contributed by atoms with Crippen LogP contribution in [0.4, 0.5) is 11.6 Å². The molecule has 2 fully saturated rings. The zero-order valence-electron chi connectivity index (χ0n) is 29.4. The van der Waals surface area contributed by atoms with Crippen LogP contribution in [0.15, 0.2) is 66.9 Å². The van der Waals surface area contributed by atoms with Crippen molar-refractivity contribution in [3.63, 3.8) is 0 Å². The van der Waals surface area contributed by atoms with Gasteiger partial charge in [-0.2, -0.15) is 5.26 Å². The van der Waals surface area contributed by atoms with E-state index in [1.165, 1.54) is 11.1 Å². The summed E-state index contributed by atoms with van der Waals surface area (Å²) in [6.07, 6.45) is 3.66. The van der Waals surface area contributed by atoms with Crippen molar-refractivity contribution in [2.75, 3.05) is 32.1 Å². The van der Waals surface area contributed by atoms with Gasteiger partial charge in [0.2, 0.25) is 11.9 Å². The van der Waals surface area contributed by atoms with Gasteiger partial charge in [-0.25, -0.2) is 14.9 Å². The first-order chi connectivity index (χ1) is 25.3. The largest absolute Gasteiger partial charge is 0.349 e. The van der Waals surface area contributed by atoms with Gasteiger partial charge in [-0.15, -0.1) is 0 Å². The minimum Gasteiger partial charge on any atom is -0.349 e. The Morgan fingerprint density at radius 3 is 2.28 bits per heavy atom. The van der Waals surface area contributed by atoms with Crippen molar-refractivity contribution in [2.24, 2.45) is 0 Å². The van der Waals surface area contributed by atoms with E-state index in [1.807, 2.05) is 19.0 Å². The van der Waals surface area contributed by atoms with Crippen LogP contribution in [-0.2, 0) is 27.1 Å². The zero-order valence-corrected chi connectivity index (χ0v) is 30.9. The average molecular weight is 755 g/mol. The Labute approximate surface area is 316 Å². The molecule has 0 saturated heterocycles. The second-order valence-electron chi connectivity index (χ2n) is 14.3. The SMILES string of the molecule is CN(C)CCNC(=O)c1cccc(C2(NC(=O)C3(NC(=O)c4cnc5n4[C@](C)(Cc4ccc(C#N)cc4)C(=O)N5c4cc(Cl)cc(Cl)c4)CC3)CC2)n1. The molecule has 7 rings (SSSR count). The van der Waals surface area contributed by atoms with Gasteiger partial charge in [-0.05, 0) is 94.7 Å². The number of rotatable bonds is 12. The van der Waals surface area contributed by atoms with Crippen LogP contribution < -0.4 is 20.9 Å². The van der Waals surface area contributed by atoms with E-state index in [9.17, 15) is 24.4 Å². The molecule has 3 aliphatic rings. The number of fused-ring (bicyclic) bond motifs is 1. The van der Waals surface area contributed by atoms with Crippen molar-refractivity contribution >= 4 is 58.5 Å². The summed E-state index contributed by atoms with van der Waals surface area (Å²) in [7, 11) is 3.84. The molecule has 3 heterocycles. The highest BCUT2D eigenvalue weighted by Gasteiger charge is 2.57. The van der Waals surface area contributed by atoms with Gasteiger partial charge in [0.15, 0.2) is 0 Å². The van der Waals surface area contributed by atoms with Gasteiger partial charge in [-0.3, -0.25) is 23.7 Å². The summed E-state index contributed by atoms with van der Waals surface area (Å²) >= 11 is 12.7. The molecule has 2 aliphatic carbocycles. The van der Waals surface area contributed by atoms with E-state index in [-0.39, 0.29) is 41.5 Å². The van der Waals surface area contributed by atoms with Crippen LogP contribution in [0.2, 0.25) is 10.0 Å². The maximum Gasteiger partial charge on any atom is 0.270 e. The van der Waals surface area contributed by atoms with Crippen molar-refractivity contribution in [3.8, 4) is 6.07 Å². The number of nitrogens with zero attached hydrogens (tertiary/aromatic N) is 6. The van der Waals surface area contributed by atoms with Crippen LogP contribution in [0.5, 0.6) is 0 Å². The number of imidazole rings is 1. The predicted octanol–water partition coefficient (Wildman–Crippen LogP) is 4.45. The fourth-order valence-corrected chi connectivity index (χ4v) is 7.27. The maximum atomic E-state index is 14.4. The Morgan fingerprint density at radius 2 is 1.66 bits per heavy atom. The van der Waals surface area contributed by atoms with E-state index in [0.717, 1.165) is 5.56 Å². The quantitative estimate of drug-likeness (QED) is 0.191. The Morgan fingerprint density at radius 1 is 0.962 bits per heavy atom. The monoisotopic (exact) mass is 753 g/mol. The summed E-state index contributed by atoms with van der Waals surface area (Å²) in [6.45, 7) is 2.88. The van der Waals surface area contributed by atoms with E-state index in [0.29, 0.717) is 65.8 Å². The molecule has 1 aliphatic heterocycles. The van der Waals surface area contributed by atoms with Gasteiger partial charge >= 0.3 is 0 Å². The third kappa shape index (κ3) is 6.85. The van der Waals surface area contributed by atoms with Crippen LogP contribution in [0.3, 0.4) is 0 Å². The molecular weight excluding hydrogens is 717 g/mol. The normalized spacial score (nSPS) is 19.0. The van der Waals surface area contributed by atoms with Crippen LogP contribution in [-0.4, -0.2) is 75.8 Å². The molecule has 2 aromatic carbocycles. The third-order valence-electron chi connectivity index (χ3n) is 10.0. The maximum absolute atomic E-state index is 14.4. The number of nitriles is 1. The van der Waals surface area contributed by atoms with E-state index in [1.54, 1.807) is 72.2 Å². The second-order valence-corrected chi connectivity index (χ2v) is 15.2. The highest BCUT2D eigenvalue weighted by molar-refractivity contribution is 6.35. The van der Waals surface area contributed by atoms with Crippen molar-refractivity contribution < 1.29 is 19.2 Å². The Balaban J connectivity index is 1.14. The third-order valence-corrected chi connectivity index (χ3v) is 10.5. The summed E-state index contributed by atoms with van der Waals surface area (Å²) in [6, 6.07) is 18.9. The molecule has 3 N–H and O–H groups in total. The minimum atomic E-state index is -1.34. The Kier molecular flexibility index (Phi) is 9.26. The number of anilines is 2. The number of halogens is 2. The number of aromatic nitrogens is 3. The molecule has 2 aromatic heterocycles. The van der Waals surface area contributed by atoms with Gasteiger partial charge in [0.25, 0.3) is 17.7 Å². The van der Waals surface area contributed by atoms with Gasteiger partial charge < -0.3 is 20.9 Å². The number of hydrogen-bond acceptors (Lipinski definition) is 8. The van der Waals surface area contributed by atoms with E-state index in [2.05, 4.69) is 32.0 Å². The molecule has 4 amide bonds. The number of amides is 4. The fraction of sp³-hybridized carbons (Fsp3) is 0.342. The predicted molar refractivity (Wildman–Crippen MR) is 198 cm³/mol. The minimum absolute atomic E-state index is 0.0926. The molecule has 1 atom stereocenters. The molecule has 0 unspecified atom stereocenters. The smallest absolute Gasteiger partial charge is 0.270 e. The Bertz CT molecular complexity index is 2170. The number of likely N-dealkylation sites (N-methyl/N-ethyl adjacent to an activating group) is 1. The Hall–Kier alpha value is -5.29. The number of hydrogen-bond donors (Lipinski definition) is 3. The molecule has 272 valence electrons. The van der Waals surface area contributed by atoms with Crippen molar-refractivity contribution in [3.05, 3.63) is 105 Å². The van der Waals surface area contributed by atoms with Crippen molar-refractivity contribution in [2.45, 2.75) is 55.6 Å². The molecule has 15 heteroatoms. The number of carbonyl (C=O) groups is 4. The first kappa shape index (κ1) is 36.1. The highest BCUT2D eigenvalue weighted by Crippen LogP contribution is 2.47. The van der Waals surface area contributed by atoms with Crippen LogP contribution in [0.25, 0.3) is 0 Å². The number of pyridine rings is 1. The molecule has 0 bridgehead atoms. The standard InChI is InChI=1S/C38H37Cl2N9O4/c1-36(20-23-7-9-24(21-41)10-8-23)34(53)48(27-18-25(39)17-26(40)19-27)35-43-22-29(49(35)36)32(51)45-38(13-14-38)33(52)46-37(11-12-37)30-6-4-5-28(44-30)31(50)42-15-16-47(2)3/h4-10,17-19,22H,11-16,20H2,1-3H3,(H,42,50)(H,45,51)(H,46,52)/t36-/m1/s1. The van der Waals surface area contributed by atoms with Gasteiger partial charge in [-0.1, -0.05) is 41.4 Å². The lowest BCUT2D eigenvalue weighted by Gasteiger charge is -2.27. The molecule has 53 heavy (non-hydrogen) atoms. The van der Waals surface area contributed by atoms with E-state index >= 15 is 0 Å². The molecule has 4 aromatic rings. The summed E-state index contributed by atoms with van der Waals surface area (Å²) in [5.41, 5.74) is -0.715. The molecule has 0 spiro atoms. The number of benzene rings is 2. The summed E-state index contributed by atoms with van der Waals surface area (Å²) in [4.78, 5) is 67.8. The molecule has 2 saturated carbocycles. The van der Waals surface area contributed by atoms with Crippen LogP contribution in [0, 0.1) is 11.3 Å². The molecular formula is C38H37Cl2N9O4. The van der Waals surface area contributed by atoms with E-state index in [4.69, 9.17) is 23.2 Å². The first-order valence-electron chi connectivity index (χ1n) is 17.2. The summed E-state index contributed by atoms with van der Waals surface area (Å²) in [5.74, 6) is -1.39.